The van der Waals surface area contributed by atoms with Gasteiger partial charge in [0.2, 0.25) is 5.95 Å². The molecule has 1 aromatic carbocycles. The van der Waals surface area contributed by atoms with Gasteiger partial charge < -0.3 is 19.4 Å². The quantitative estimate of drug-likeness (QED) is 0.552. The van der Waals surface area contributed by atoms with E-state index in [1.54, 1.807) is 24.4 Å². The van der Waals surface area contributed by atoms with Crippen LogP contribution in [0.3, 0.4) is 0 Å². The molecule has 0 bridgehead atoms. The molecular weight excluding hydrogens is 462 g/mol. The minimum atomic E-state index is -0.473. The van der Waals surface area contributed by atoms with E-state index in [0.717, 1.165) is 5.82 Å². The third-order valence-corrected chi connectivity index (χ3v) is 6.46. The lowest BCUT2D eigenvalue weighted by Crippen LogP contribution is -2.53. The van der Waals surface area contributed by atoms with E-state index in [1.165, 1.54) is 12.1 Å². The smallest absolute Gasteiger partial charge is 0.228 e. The van der Waals surface area contributed by atoms with Crippen molar-refractivity contribution in [3.8, 4) is 11.3 Å². The monoisotopic (exact) mass is 486 g/mol. The van der Waals surface area contributed by atoms with Crippen molar-refractivity contribution in [3.63, 3.8) is 0 Å². The summed E-state index contributed by atoms with van der Waals surface area (Å²) < 4.78 is 33.6. The van der Waals surface area contributed by atoms with Crippen molar-refractivity contribution in [1.82, 2.24) is 15.0 Å². The summed E-state index contributed by atoms with van der Waals surface area (Å²) >= 11 is 6.05. The van der Waals surface area contributed by atoms with Crippen molar-refractivity contribution >= 4 is 29.2 Å². The highest BCUT2D eigenvalue weighted by molar-refractivity contribution is 6.31. The van der Waals surface area contributed by atoms with Gasteiger partial charge in [-0.1, -0.05) is 11.6 Å². The lowest BCUT2D eigenvalue weighted by molar-refractivity contribution is 0.122. The number of anilines is 3. The molecule has 2 aromatic heterocycles. The molecule has 0 N–H and O–H groups in total. The molecule has 0 aliphatic carbocycles. The number of ether oxygens (including phenoxy) is 1. The van der Waals surface area contributed by atoms with Crippen LogP contribution in [0.1, 0.15) is 6.92 Å². The summed E-state index contributed by atoms with van der Waals surface area (Å²) in [6.45, 7) is 6.52. The van der Waals surface area contributed by atoms with Crippen LogP contribution < -0.4 is 14.7 Å². The fourth-order valence-corrected chi connectivity index (χ4v) is 4.56. The van der Waals surface area contributed by atoms with Crippen LogP contribution in [0.15, 0.2) is 42.6 Å². The second-order valence-electron chi connectivity index (χ2n) is 8.44. The lowest BCUT2D eigenvalue weighted by Gasteiger charge is -2.41. The predicted molar refractivity (Wildman–Crippen MR) is 129 cm³/mol. The first-order valence-corrected chi connectivity index (χ1v) is 11.7. The number of morpholine rings is 1. The van der Waals surface area contributed by atoms with Crippen LogP contribution in [0.5, 0.6) is 0 Å². The summed E-state index contributed by atoms with van der Waals surface area (Å²) in [7, 11) is 0. The summed E-state index contributed by atoms with van der Waals surface area (Å²) in [6, 6.07) is 9.57. The number of hydrogen-bond donors (Lipinski definition) is 0. The highest BCUT2D eigenvalue weighted by Gasteiger charge is 2.28. The molecule has 1 atom stereocenters. The molecule has 7 nitrogen and oxygen atoms in total. The Morgan fingerprint density at radius 3 is 2.53 bits per heavy atom. The van der Waals surface area contributed by atoms with Crippen LogP contribution in [0, 0.1) is 11.6 Å². The van der Waals surface area contributed by atoms with E-state index < -0.39 is 5.82 Å². The Kier molecular flexibility index (Phi) is 6.47. The van der Waals surface area contributed by atoms with Gasteiger partial charge in [-0.25, -0.2) is 18.7 Å². The molecule has 0 amide bonds. The van der Waals surface area contributed by atoms with E-state index in [2.05, 4.69) is 21.7 Å². The van der Waals surface area contributed by atoms with Gasteiger partial charge in [0.15, 0.2) is 11.6 Å². The van der Waals surface area contributed by atoms with Gasteiger partial charge in [0.1, 0.15) is 11.6 Å². The molecule has 2 aliphatic heterocycles. The molecule has 2 fully saturated rings. The average molecular weight is 487 g/mol. The normalized spacial score (nSPS) is 18.9. The van der Waals surface area contributed by atoms with E-state index in [1.807, 2.05) is 11.0 Å². The highest BCUT2D eigenvalue weighted by atomic mass is 35.5. The largest absolute Gasteiger partial charge is 0.378 e. The van der Waals surface area contributed by atoms with Crippen LogP contribution in [0.25, 0.3) is 11.3 Å². The summed E-state index contributed by atoms with van der Waals surface area (Å²) in [5, 5.41) is 0.0463. The molecule has 10 heteroatoms. The van der Waals surface area contributed by atoms with Crippen LogP contribution >= 0.6 is 11.6 Å². The molecule has 5 rings (SSSR count). The summed E-state index contributed by atoms with van der Waals surface area (Å²) in [4.78, 5) is 20.1. The molecule has 1 unspecified atom stereocenters. The Labute approximate surface area is 202 Å². The number of aromatic nitrogens is 3. The number of rotatable bonds is 4. The minimum Gasteiger partial charge on any atom is -0.378 e. The van der Waals surface area contributed by atoms with Crippen LogP contribution in [0.4, 0.5) is 26.4 Å². The van der Waals surface area contributed by atoms with Crippen molar-refractivity contribution in [2.45, 2.75) is 13.0 Å². The van der Waals surface area contributed by atoms with E-state index in [0.29, 0.717) is 69.0 Å². The second-order valence-corrected chi connectivity index (χ2v) is 8.84. The standard InChI is InChI=1S/C24H25ClF2N6O/c1-16-15-32(23-20(27)3-2-6-28-23)7-8-33(16)22-14-21(17-4-5-19(26)18(25)13-17)29-24(30-22)31-9-11-34-12-10-31/h2-6,13-14,16H,7-12,15H2,1H3. The third-order valence-electron chi connectivity index (χ3n) is 6.17. The van der Waals surface area contributed by atoms with Crippen molar-refractivity contribution in [1.29, 1.82) is 0 Å². The third kappa shape index (κ3) is 4.63. The molecule has 0 saturated carbocycles. The number of pyridine rings is 1. The number of hydrogen-bond acceptors (Lipinski definition) is 7. The molecular formula is C24H25ClF2N6O. The van der Waals surface area contributed by atoms with Crippen molar-refractivity contribution in [2.75, 3.05) is 60.6 Å². The maximum Gasteiger partial charge on any atom is 0.228 e. The SMILES string of the molecule is CC1CN(c2ncccc2F)CCN1c1cc(-c2ccc(F)c(Cl)c2)nc(N2CCOCC2)n1. The first kappa shape index (κ1) is 22.7. The van der Waals surface area contributed by atoms with E-state index in [-0.39, 0.29) is 16.9 Å². The summed E-state index contributed by atoms with van der Waals surface area (Å²) in [5.74, 6) is 0.935. The van der Waals surface area contributed by atoms with E-state index >= 15 is 0 Å². The average Bonchev–Trinajstić information content (AvgIpc) is 2.86. The molecule has 3 aromatic rings. The maximum atomic E-state index is 14.3. The Hall–Kier alpha value is -3.04. The van der Waals surface area contributed by atoms with Crippen molar-refractivity contribution in [2.24, 2.45) is 0 Å². The molecule has 2 saturated heterocycles. The van der Waals surface area contributed by atoms with E-state index in [4.69, 9.17) is 26.3 Å². The molecule has 34 heavy (non-hydrogen) atoms. The predicted octanol–water partition coefficient (Wildman–Crippen LogP) is 4.02. The fraction of sp³-hybridized carbons (Fsp3) is 0.375. The molecule has 0 radical (unpaired) electrons. The Bertz CT molecular complexity index is 1180. The second kappa shape index (κ2) is 9.68. The fourth-order valence-electron chi connectivity index (χ4n) is 4.38. The zero-order valence-corrected chi connectivity index (χ0v) is 19.5. The van der Waals surface area contributed by atoms with Gasteiger partial charge in [0, 0.05) is 56.6 Å². The Morgan fingerprint density at radius 1 is 0.971 bits per heavy atom. The number of piperazine rings is 1. The summed E-state index contributed by atoms with van der Waals surface area (Å²) in [6.07, 6.45) is 1.61. The van der Waals surface area contributed by atoms with Crippen LogP contribution in [0.2, 0.25) is 5.02 Å². The highest BCUT2D eigenvalue weighted by Crippen LogP contribution is 2.30. The number of nitrogens with zero attached hydrogens (tertiary/aromatic N) is 6. The zero-order valence-electron chi connectivity index (χ0n) is 18.8. The van der Waals surface area contributed by atoms with Gasteiger partial charge in [0.25, 0.3) is 0 Å². The number of halogens is 3. The van der Waals surface area contributed by atoms with Gasteiger partial charge >= 0.3 is 0 Å². The molecule has 4 heterocycles. The van der Waals surface area contributed by atoms with Gasteiger partial charge in [0.05, 0.1) is 23.9 Å². The van der Waals surface area contributed by atoms with Gasteiger partial charge in [-0.15, -0.1) is 0 Å². The lowest BCUT2D eigenvalue weighted by atomic mass is 10.1. The van der Waals surface area contributed by atoms with E-state index in [9.17, 15) is 8.78 Å². The molecule has 0 spiro atoms. The first-order valence-electron chi connectivity index (χ1n) is 11.3. The maximum absolute atomic E-state index is 14.3. The summed E-state index contributed by atoms with van der Waals surface area (Å²) in [5.41, 5.74) is 1.38. The number of benzene rings is 1. The van der Waals surface area contributed by atoms with Gasteiger partial charge in [-0.05, 0) is 37.3 Å². The van der Waals surface area contributed by atoms with Crippen molar-refractivity contribution in [3.05, 3.63) is 59.3 Å². The zero-order chi connectivity index (χ0) is 23.7. The van der Waals surface area contributed by atoms with Crippen LogP contribution in [-0.2, 0) is 4.74 Å². The molecule has 178 valence electrons. The van der Waals surface area contributed by atoms with Crippen LogP contribution in [-0.4, -0.2) is 66.9 Å². The molecule has 2 aliphatic rings. The van der Waals surface area contributed by atoms with Crippen molar-refractivity contribution < 1.29 is 13.5 Å². The topological polar surface area (TPSA) is 57.6 Å². The Morgan fingerprint density at radius 2 is 1.79 bits per heavy atom. The van der Waals surface area contributed by atoms with Gasteiger partial charge in [-0.3, -0.25) is 0 Å². The van der Waals surface area contributed by atoms with Gasteiger partial charge in [-0.2, -0.15) is 4.98 Å². The Balaban J connectivity index is 1.47. The first-order chi connectivity index (χ1) is 16.5. The minimum absolute atomic E-state index is 0.0463.